The van der Waals surface area contributed by atoms with Gasteiger partial charge in [0.2, 0.25) is 0 Å². The minimum absolute atomic E-state index is 0.0248. The van der Waals surface area contributed by atoms with E-state index in [1.807, 2.05) is 36.0 Å². The van der Waals surface area contributed by atoms with Crippen molar-refractivity contribution in [3.05, 3.63) is 72.4 Å². The van der Waals surface area contributed by atoms with Crippen molar-refractivity contribution in [2.75, 3.05) is 13.1 Å². The summed E-state index contributed by atoms with van der Waals surface area (Å²) in [5.74, 6) is 2.30. The van der Waals surface area contributed by atoms with Gasteiger partial charge in [0.1, 0.15) is 5.84 Å². The number of fused-ring (bicyclic) bond motifs is 4. The van der Waals surface area contributed by atoms with E-state index in [4.69, 9.17) is 10.1 Å². The Balaban J connectivity index is 1.65. The summed E-state index contributed by atoms with van der Waals surface area (Å²) >= 11 is 1.58. The molecule has 4 bridgehead atoms. The lowest BCUT2D eigenvalue weighted by Gasteiger charge is -2.29. The molecule has 3 aliphatic heterocycles. The van der Waals surface area contributed by atoms with Crippen LogP contribution >= 0.6 is 11.9 Å². The average molecular weight is 478 g/mol. The van der Waals surface area contributed by atoms with Crippen molar-refractivity contribution in [3.8, 4) is 0 Å². The first kappa shape index (κ1) is 24.2. The minimum atomic E-state index is -0.0248. The Morgan fingerprint density at radius 2 is 2.12 bits per heavy atom. The molecule has 0 spiro atoms. The number of hydrazone groups is 1. The molecule has 2 N–H and O–H groups in total. The predicted molar refractivity (Wildman–Crippen MR) is 143 cm³/mol. The third kappa shape index (κ3) is 5.93. The Bertz CT molecular complexity index is 1080. The SMILES string of the molecule is C=C=C1NSC2CC=CC(=NCCCC3CN(/N=C(n4ccc(C)n4)\C=C/C1=C)C(C)(C)C3)N2. The molecule has 0 aliphatic carbocycles. The summed E-state index contributed by atoms with van der Waals surface area (Å²) in [5.41, 5.74) is 5.43. The number of nitrogens with zero attached hydrogens (tertiary/aromatic N) is 5. The van der Waals surface area contributed by atoms with Crippen LogP contribution in [0.5, 0.6) is 0 Å². The number of rotatable bonds is 0. The summed E-state index contributed by atoms with van der Waals surface area (Å²) < 4.78 is 5.19. The van der Waals surface area contributed by atoms with Crippen LogP contribution in [-0.4, -0.2) is 50.5 Å². The van der Waals surface area contributed by atoms with E-state index in [2.05, 4.69) is 65.0 Å². The minimum Gasteiger partial charge on any atom is -0.357 e. The number of aryl methyl sites for hydroxylation is 1. The molecule has 1 fully saturated rings. The molecule has 0 radical (unpaired) electrons. The van der Waals surface area contributed by atoms with Crippen LogP contribution in [0.25, 0.3) is 0 Å². The molecule has 1 aromatic heterocycles. The van der Waals surface area contributed by atoms with E-state index in [0.717, 1.165) is 67.4 Å². The van der Waals surface area contributed by atoms with Gasteiger partial charge in [-0.05, 0) is 94.2 Å². The van der Waals surface area contributed by atoms with Gasteiger partial charge in [-0.15, -0.1) is 5.73 Å². The monoisotopic (exact) mass is 477 g/mol. The molecule has 3 aliphatic rings. The first-order chi connectivity index (χ1) is 16.3. The zero-order chi connectivity index (χ0) is 24.1. The van der Waals surface area contributed by atoms with Crippen LogP contribution in [0.15, 0.2) is 76.8 Å². The van der Waals surface area contributed by atoms with Gasteiger partial charge >= 0.3 is 0 Å². The standard InChI is InChI=1S/C26H35N7S/c1-6-22-19(2)12-13-24(32-16-14-20(3)29-32)30-33-18-21(17-26(33,4)5)9-8-15-27-23-10-7-11-25(28-23)34-31-22/h7,10,12-14,16,21,25,31H,1-2,8-9,11,15,17-18H2,3-5H3,(H,27,28)/b13-12-,30-24+. The highest BCUT2D eigenvalue weighted by Crippen LogP contribution is 2.35. The molecule has 0 amide bonds. The predicted octanol–water partition coefficient (Wildman–Crippen LogP) is 4.54. The zero-order valence-electron chi connectivity index (χ0n) is 20.4. The number of hydrogen-bond acceptors (Lipinski definition) is 7. The van der Waals surface area contributed by atoms with Crippen molar-refractivity contribution < 1.29 is 0 Å². The fourth-order valence-electron chi connectivity index (χ4n) is 4.49. The van der Waals surface area contributed by atoms with Gasteiger partial charge < -0.3 is 10.0 Å². The highest BCUT2D eigenvalue weighted by molar-refractivity contribution is 7.98. The summed E-state index contributed by atoms with van der Waals surface area (Å²) in [6.45, 7) is 16.4. The third-order valence-electron chi connectivity index (χ3n) is 6.32. The van der Waals surface area contributed by atoms with Gasteiger partial charge in [-0.3, -0.25) is 10.0 Å². The molecule has 4 heterocycles. The maximum atomic E-state index is 5.07. The molecule has 8 heteroatoms. The fraction of sp³-hybridized carbons (Fsp3) is 0.462. The number of aromatic nitrogens is 2. The molecule has 7 nitrogen and oxygen atoms in total. The van der Waals surface area contributed by atoms with Crippen LogP contribution in [0.3, 0.4) is 0 Å². The number of amidine groups is 1. The average Bonchev–Trinajstić information content (AvgIpc) is 3.36. The van der Waals surface area contributed by atoms with E-state index in [1.165, 1.54) is 0 Å². The van der Waals surface area contributed by atoms with Gasteiger partial charge in [0, 0.05) is 19.3 Å². The number of nitrogens with one attached hydrogen (secondary N) is 2. The van der Waals surface area contributed by atoms with Crippen LogP contribution in [0, 0.1) is 12.8 Å². The van der Waals surface area contributed by atoms with Crippen LogP contribution in [0.1, 0.15) is 45.2 Å². The van der Waals surface area contributed by atoms with Gasteiger partial charge in [0.15, 0.2) is 5.84 Å². The van der Waals surface area contributed by atoms with Gasteiger partial charge in [0.05, 0.1) is 22.3 Å². The lowest BCUT2D eigenvalue weighted by molar-refractivity contribution is 0.182. The van der Waals surface area contributed by atoms with Crippen molar-refractivity contribution in [2.24, 2.45) is 16.0 Å². The largest absolute Gasteiger partial charge is 0.357 e. The van der Waals surface area contributed by atoms with E-state index < -0.39 is 0 Å². The second-order valence-corrected chi connectivity index (χ2v) is 10.6. The van der Waals surface area contributed by atoms with Crippen LogP contribution < -0.4 is 10.0 Å². The summed E-state index contributed by atoms with van der Waals surface area (Å²) in [5, 5.41) is 15.6. The number of hydrogen-bond donors (Lipinski definition) is 2. The molecular weight excluding hydrogens is 442 g/mol. The zero-order valence-corrected chi connectivity index (χ0v) is 21.2. The highest BCUT2D eigenvalue weighted by atomic mass is 32.2. The third-order valence-corrected chi connectivity index (χ3v) is 7.24. The molecule has 180 valence electrons. The Morgan fingerprint density at radius 3 is 2.88 bits per heavy atom. The van der Waals surface area contributed by atoms with Crippen molar-refractivity contribution in [3.63, 3.8) is 0 Å². The Morgan fingerprint density at radius 1 is 1.26 bits per heavy atom. The quantitative estimate of drug-likeness (QED) is 0.424. The lowest BCUT2D eigenvalue weighted by atomic mass is 9.93. The molecule has 1 saturated heterocycles. The summed E-state index contributed by atoms with van der Waals surface area (Å²) in [6, 6.07) is 1.99. The Hall–Kier alpha value is -2.96. The van der Waals surface area contributed by atoms with E-state index in [1.54, 1.807) is 11.9 Å². The van der Waals surface area contributed by atoms with Crippen LogP contribution in [0.4, 0.5) is 0 Å². The first-order valence-corrected chi connectivity index (χ1v) is 12.8. The molecule has 2 unspecified atom stereocenters. The summed E-state index contributed by atoms with van der Waals surface area (Å²) in [7, 11) is 0. The Labute approximate surface area is 207 Å². The molecule has 4 rings (SSSR count). The maximum Gasteiger partial charge on any atom is 0.173 e. The van der Waals surface area contributed by atoms with Crippen molar-refractivity contribution in [1.82, 2.24) is 24.8 Å². The molecule has 2 atom stereocenters. The smallest absolute Gasteiger partial charge is 0.173 e. The van der Waals surface area contributed by atoms with E-state index in [0.29, 0.717) is 5.92 Å². The molecular formula is C26H35N7S. The second kappa shape index (κ2) is 10.5. The van der Waals surface area contributed by atoms with Crippen molar-refractivity contribution in [1.29, 1.82) is 0 Å². The second-order valence-electron chi connectivity index (χ2n) is 9.64. The van der Waals surface area contributed by atoms with Crippen LogP contribution in [-0.2, 0) is 0 Å². The van der Waals surface area contributed by atoms with Gasteiger partial charge in [0.25, 0.3) is 0 Å². The van der Waals surface area contributed by atoms with Gasteiger partial charge in [-0.25, -0.2) is 4.68 Å². The topological polar surface area (TPSA) is 69.8 Å². The highest BCUT2D eigenvalue weighted by Gasteiger charge is 2.37. The van der Waals surface area contributed by atoms with E-state index in [9.17, 15) is 0 Å². The lowest BCUT2D eigenvalue weighted by Crippen LogP contribution is -2.36. The van der Waals surface area contributed by atoms with Crippen molar-refractivity contribution >= 4 is 23.6 Å². The summed E-state index contributed by atoms with van der Waals surface area (Å²) in [4.78, 5) is 4.80. The number of allylic oxidation sites excluding steroid dienone is 2. The molecule has 1 aromatic rings. The normalized spacial score (nSPS) is 27.9. The molecule has 0 saturated carbocycles. The Kier molecular flexibility index (Phi) is 7.49. The maximum absolute atomic E-state index is 5.07. The van der Waals surface area contributed by atoms with Gasteiger partial charge in [-0.2, -0.15) is 10.2 Å². The molecule has 0 aromatic carbocycles. The summed E-state index contributed by atoms with van der Waals surface area (Å²) in [6.07, 6.45) is 14.3. The van der Waals surface area contributed by atoms with E-state index >= 15 is 0 Å². The van der Waals surface area contributed by atoms with Crippen LogP contribution in [0.2, 0.25) is 0 Å². The molecule has 34 heavy (non-hydrogen) atoms. The van der Waals surface area contributed by atoms with Gasteiger partial charge in [-0.1, -0.05) is 19.2 Å². The fourth-order valence-corrected chi connectivity index (χ4v) is 5.34. The van der Waals surface area contributed by atoms with E-state index in [-0.39, 0.29) is 10.9 Å². The number of aliphatic imine (C=N–C) groups is 1. The van der Waals surface area contributed by atoms with Crippen molar-refractivity contribution in [2.45, 2.75) is 57.4 Å². The first-order valence-electron chi connectivity index (χ1n) is 11.9.